The Morgan fingerprint density at radius 2 is 2.20 bits per heavy atom. The standard InChI is InChI=1S/C11H12F2O2/c1-15-10-5-4-8(3-2-6-14)7-9(10)11(12)13/h4-7,11H,2-3H2,1H3. The molecule has 0 saturated heterocycles. The van der Waals surface area contributed by atoms with Crippen LogP contribution in [0.25, 0.3) is 0 Å². The van der Waals surface area contributed by atoms with Crippen LogP contribution in [0.3, 0.4) is 0 Å². The molecule has 1 rings (SSSR count). The van der Waals surface area contributed by atoms with E-state index >= 15 is 0 Å². The fraction of sp³-hybridized carbons (Fsp3) is 0.364. The average Bonchev–Trinajstić information content (AvgIpc) is 2.25. The highest BCUT2D eigenvalue weighted by atomic mass is 19.3. The number of rotatable bonds is 5. The van der Waals surface area contributed by atoms with E-state index in [-0.39, 0.29) is 11.3 Å². The van der Waals surface area contributed by atoms with E-state index in [0.717, 1.165) is 11.8 Å². The second-order valence-electron chi connectivity index (χ2n) is 3.08. The van der Waals surface area contributed by atoms with E-state index in [0.29, 0.717) is 12.8 Å². The second kappa shape index (κ2) is 5.44. The van der Waals surface area contributed by atoms with Crippen LogP contribution in [0, 0.1) is 0 Å². The van der Waals surface area contributed by atoms with Gasteiger partial charge in [0.1, 0.15) is 12.0 Å². The van der Waals surface area contributed by atoms with Crippen LogP contribution >= 0.6 is 0 Å². The molecule has 82 valence electrons. The molecule has 1 aromatic carbocycles. The minimum Gasteiger partial charge on any atom is -0.496 e. The Labute approximate surface area is 86.9 Å². The number of hydrogen-bond acceptors (Lipinski definition) is 2. The number of benzene rings is 1. The first-order valence-corrected chi connectivity index (χ1v) is 4.57. The van der Waals surface area contributed by atoms with Crippen molar-refractivity contribution in [1.82, 2.24) is 0 Å². The maximum atomic E-state index is 12.6. The highest BCUT2D eigenvalue weighted by Gasteiger charge is 2.13. The van der Waals surface area contributed by atoms with Gasteiger partial charge in [-0.15, -0.1) is 0 Å². The van der Waals surface area contributed by atoms with Gasteiger partial charge in [0.15, 0.2) is 0 Å². The van der Waals surface area contributed by atoms with Crippen LogP contribution in [0.1, 0.15) is 24.0 Å². The van der Waals surface area contributed by atoms with E-state index in [1.165, 1.54) is 19.2 Å². The highest BCUT2D eigenvalue weighted by Crippen LogP contribution is 2.29. The molecule has 0 heterocycles. The number of methoxy groups -OCH3 is 1. The lowest BCUT2D eigenvalue weighted by atomic mass is 10.1. The van der Waals surface area contributed by atoms with Gasteiger partial charge < -0.3 is 9.53 Å². The predicted molar refractivity (Wildman–Crippen MR) is 52.3 cm³/mol. The van der Waals surface area contributed by atoms with E-state index in [2.05, 4.69) is 0 Å². The minimum absolute atomic E-state index is 0.124. The number of ether oxygens (including phenoxy) is 1. The summed E-state index contributed by atoms with van der Waals surface area (Å²) in [6.45, 7) is 0. The molecule has 2 nitrogen and oxygen atoms in total. The monoisotopic (exact) mass is 214 g/mol. The summed E-state index contributed by atoms with van der Waals surface area (Å²) in [5.41, 5.74) is 0.596. The molecule has 0 amide bonds. The lowest BCUT2D eigenvalue weighted by molar-refractivity contribution is -0.107. The van der Waals surface area contributed by atoms with Crippen molar-refractivity contribution in [3.63, 3.8) is 0 Å². The van der Waals surface area contributed by atoms with Gasteiger partial charge in [-0.3, -0.25) is 0 Å². The molecule has 0 aliphatic carbocycles. The van der Waals surface area contributed by atoms with Crippen LogP contribution in [0.4, 0.5) is 8.78 Å². The van der Waals surface area contributed by atoms with Crippen LogP contribution < -0.4 is 4.74 Å². The summed E-state index contributed by atoms with van der Waals surface area (Å²) in [5, 5.41) is 0. The molecule has 0 aliphatic heterocycles. The summed E-state index contributed by atoms with van der Waals surface area (Å²) in [5.74, 6) is 0.180. The molecule has 0 bridgehead atoms. The third-order valence-electron chi connectivity index (χ3n) is 2.08. The van der Waals surface area contributed by atoms with Crippen LogP contribution in [-0.2, 0) is 11.2 Å². The molecule has 0 N–H and O–H groups in total. The Bertz CT molecular complexity index is 337. The van der Waals surface area contributed by atoms with Crippen LogP contribution in [0.5, 0.6) is 5.75 Å². The maximum Gasteiger partial charge on any atom is 0.267 e. The summed E-state index contributed by atoms with van der Waals surface area (Å²) in [4.78, 5) is 10.1. The zero-order valence-corrected chi connectivity index (χ0v) is 8.37. The lowest BCUT2D eigenvalue weighted by Crippen LogP contribution is -1.95. The van der Waals surface area contributed by atoms with E-state index in [4.69, 9.17) is 4.74 Å². The first-order valence-electron chi connectivity index (χ1n) is 4.57. The van der Waals surface area contributed by atoms with E-state index in [9.17, 15) is 13.6 Å². The Kier molecular flexibility index (Phi) is 4.21. The van der Waals surface area contributed by atoms with E-state index < -0.39 is 6.43 Å². The third-order valence-corrected chi connectivity index (χ3v) is 2.08. The minimum atomic E-state index is -2.56. The zero-order valence-electron chi connectivity index (χ0n) is 8.37. The topological polar surface area (TPSA) is 26.3 Å². The number of halogens is 2. The molecule has 0 atom stereocenters. The average molecular weight is 214 g/mol. The van der Waals surface area contributed by atoms with E-state index in [1.54, 1.807) is 6.07 Å². The zero-order chi connectivity index (χ0) is 11.3. The molecule has 4 heteroatoms. The third kappa shape index (κ3) is 3.01. The van der Waals surface area contributed by atoms with Gasteiger partial charge in [0.25, 0.3) is 6.43 Å². The molecule has 0 fully saturated rings. The molecule has 0 saturated carbocycles. The Balaban J connectivity index is 2.94. The molecule has 1 aromatic rings. The number of aryl methyl sites for hydroxylation is 1. The summed E-state index contributed by atoms with van der Waals surface area (Å²) >= 11 is 0. The Hall–Kier alpha value is -1.45. The van der Waals surface area contributed by atoms with Gasteiger partial charge in [0, 0.05) is 6.42 Å². The normalized spacial score (nSPS) is 10.4. The van der Waals surface area contributed by atoms with Crippen molar-refractivity contribution in [3.05, 3.63) is 29.3 Å². The molecule has 0 unspecified atom stereocenters. The summed E-state index contributed by atoms with van der Waals surface area (Å²) in [7, 11) is 1.35. The molecular weight excluding hydrogens is 202 g/mol. The first kappa shape index (κ1) is 11.6. The van der Waals surface area contributed by atoms with Gasteiger partial charge in [-0.1, -0.05) is 6.07 Å². The number of hydrogen-bond donors (Lipinski definition) is 0. The molecule has 0 spiro atoms. The molecule has 0 aliphatic rings. The number of carbonyl (C=O) groups is 1. The Morgan fingerprint density at radius 1 is 1.47 bits per heavy atom. The van der Waals surface area contributed by atoms with Crippen molar-refractivity contribution in [1.29, 1.82) is 0 Å². The van der Waals surface area contributed by atoms with Crippen molar-refractivity contribution in [2.45, 2.75) is 19.3 Å². The molecule has 0 radical (unpaired) electrons. The fourth-order valence-electron chi connectivity index (χ4n) is 1.34. The maximum absolute atomic E-state index is 12.6. The second-order valence-corrected chi connectivity index (χ2v) is 3.08. The summed E-state index contributed by atoms with van der Waals surface area (Å²) in [6, 6.07) is 4.57. The van der Waals surface area contributed by atoms with Gasteiger partial charge in [-0.25, -0.2) is 8.78 Å². The quantitative estimate of drug-likeness (QED) is 0.704. The first-order chi connectivity index (χ1) is 7.19. The Morgan fingerprint density at radius 3 is 2.73 bits per heavy atom. The highest BCUT2D eigenvalue weighted by molar-refractivity contribution is 5.50. The smallest absolute Gasteiger partial charge is 0.267 e. The number of alkyl halides is 2. The fourth-order valence-corrected chi connectivity index (χ4v) is 1.34. The van der Waals surface area contributed by atoms with Crippen LogP contribution in [-0.4, -0.2) is 13.4 Å². The van der Waals surface area contributed by atoms with Crippen molar-refractivity contribution in [2.24, 2.45) is 0 Å². The molecule has 15 heavy (non-hydrogen) atoms. The van der Waals surface area contributed by atoms with Crippen molar-refractivity contribution in [2.75, 3.05) is 7.11 Å². The summed E-state index contributed by atoms with van der Waals surface area (Å²) in [6.07, 6.45) is -0.967. The summed E-state index contributed by atoms with van der Waals surface area (Å²) < 4.78 is 30.0. The van der Waals surface area contributed by atoms with E-state index in [1.807, 2.05) is 0 Å². The van der Waals surface area contributed by atoms with Crippen molar-refractivity contribution < 1.29 is 18.3 Å². The van der Waals surface area contributed by atoms with Crippen LogP contribution in [0.15, 0.2) is 18.2 Å². The van der Waals surface area contributed by atoms with Gasteiger partial charge in [0.2, 0.25) is 0 Å². The van der Waals surface area contributed by atoms with Crippen molar-refractivity contribution in [3.8, 4) is 5.75 Å². The van der Waals surface area contributed by atoms with Gasteiger partial charge >= 0.3 is 0 Å². The number of carbonyl (C=O) groups excluding carboxylic acids is 1. The molecular formula is C11H12F2O2. The SMILES string of the molecule is COc1ccc(CCC=O)cc1C(F)F. The van der Waals surface area contributed by atoms with Gasteiger partial charge in [-0.05, 0) is 24.1 Å². The lowest BCUT2D eigenvalue weighted by Gasteiger charge is -2.09. The largest absolute Gasteiger partial charge is 0.496 e. The number of aldehydes is 1. The molecule has 0 aromatic heterocycles. The van der Waals surface area contributed by atoms with Gasteiger partial charge in [-0.2, -0.15) is 0 Å². The predicted octanol–water partition coefficient (Wildman–Crippen LogP) is 2.76. The van der Waals surface area contributed by atoms with Crippen LogP contribution in [0.2, 0.25) is 0 Å². The van der Waals surface area contributed by atoms with Gasteiger partial charge in [0.05, 0.1) is 12.7 Å². The van der Waals surface area contributed by atoms with Crippen molar-refractivity contribution >= 4 is 6.29 Å².